The van der Waals surface area contributed by atoms with E-state index >= 15 is 0 Å². The summed E-state index contributed by atoms with van der Waals surface area (Å²) in [5.41, 5.74) is 12.6. The number of aromatic amines is 2. The van der Waals surface area contributed by atoms with Gasteiger partial charge in [-0.15, -0.1) is 0 Å². The van der Waals surface area contributed by atoms with Crippen LogP contribution in [0.25, 0.3) is 63.6 Å². The normalized spacial score (nSPS) is 13.9. The molecule has 8 bridgehead atoms. The highest BCUT2D eigenvalue weighted by molar-refractivity contribution is 5.90. The lowest BCUT2D eigenvalue weighted by Gasteiger charge is -2.24. The third-order valence-corrected chi connectivity index (χ3v) is 6.60. The SMILES string of the molecule is CN1CC=Cc2cc(-c3cc4cc5ccc(cc6nc(cc7nc(cc3[nH]4)C=C7)C=C6)[nH]5)ccc21. The second-order valence-corrected chi connectivity index (χ2v) is 9.14. The lowest BCUT2D eigenvalue weighted by molar-refractivity contribution is 1.02. The van der Waals surface area contributed by atoms with Gasteiger partial charge in [-0.25, -0.2) is 9.97 Å². The Morgan fingerprint density at radius 1 is 0.657 bits per heavy atom. The summed E-state index contributed by atoms with van der Waals surface area (Å²) < 4.78 is 0. The highest BCUT2D eigenvalue weighted by Gasteiger charge is 2.12. The Bertz CT molecular complexity index is 1750. The molecule has 0 fully saturated rings. The lowest BCUT2D eigenvalue weighted by atomic mass is 10.00. The summed E-state index contributed by atoms with van der Waals surface area (Å²) in [5.74, 6) is 0. The van der Waals surface area contributed by atoms with E-state index in [-0.39, 0.29) is 0 Å². The summed E-state index contributed by atoms with van der Waals surface area (Å²) >= 11 is 0. The first-order valence-electron chi connectivity index (χ1n) is 11.8. The summed E-state index contributed by atoms with van der Waals surface area (Å²) in [6.45, 7) is 0.938. The van der Waals surface area contributed by atoms with Crippen LogP contribution in [0.4, 0.5) is 5.69 Å². The Morgan fingerprint density at radius 3 is 2.17 bits per heavy atom. The highest BCUT2D eigenvalue weighted by atomic mass is 15.1. The molecule has 0 saturated carbocycles. The Kier molecular flexibility index (Phi) is 4.36. The summed E-state index contributed by atoms with van der Waals surface area (Å²) in [5, 5.41) is 0. The molecule has 2 N–H and O–H groups in total. The minimum absolute atomic E-state index is 0.900. The number of anilines is 1. The molecule has 3 aliphatic rings. The summed E-state index contributed by atoms with van der Waals surface area (Å²) in [7, 11) is 2.13. The highest BCUT2D eigenvalue weighted by Crippen LogP contribution is 2.33. The van der Waals surface area contributed by atoms with Crippen molar-refractivity contribution in [3.8, 4) is 11.1 Å². The van der Waals surface area contributed by atoms with E-state index in [1.165, 1.54) is 16.8 Å². The molecule has 3 aliphatic heterocycles. The number of nitrogens with zero attached hydrogens (tertiary/aromatic N) is 3. The molecule has 7 rings (SSSR count). The fourth-order valence-electron chi connectivity index (χ4n) is 4.90. The van der Waals surface area contributed by atoms with Crippen LogP contribution in [-0.4, -0.2) is 33.5 Å². The van der Waals surface area contributed by atoms with Crippen molar-refractivity contribution < 1.29 is 0 Å². The largest absolute Gasteiger partial charge is 0.370 e. The van der Waals surface area contributed by atoms with Crippen LogP contribution in [-0.2, 0) is 0 Å². The molecule has 3 aromatic heterocycles. The maximum atomic E-state index is 4.82. The van der Waals surface area contributed by atoms with Crippen LogP contribution >= 0.6 is 0 Å². The molecule has 0 atom stereocenters. The molecular weight excluding hydrogens is 430 g/mol. The zero-order valence-corrected chi connectivity index (χ0v) is 19.3. The predicted molar refractivity (Wildman–Crippen MR) is 147 cm³/mol. The van der Waals surface area contributed by atoms with Crippen molar-refractivity contribution in [1.82, 2.24) is 19.9 Å². The Balaban J connectivity index is 1.49. The smallest absolute Gasteiger partial charge is 0.0659 e. The van der Waals surface area contributed by atoms with E-state index in [2.05, 4.69) is 94.7 Å². The van der Waals surface area contributed by atoms with Crippen molar-refractivity contribution in [2.75, 3.05) is 18.5 Å². The summed E-state index contributed by atoms with van der Waals surface area (Å²) in [4.78, 5) is 18.9. The molecule has 0 aliphatic carbocycles. The van der Waals surface area contributed by atoms with Crippen LogP contribution in [0.1, 0.15) is 28.3 Å². The molecule has 0 saturated heterocycles. The van der Waals surface area contributed by atoms with Gasteiger partial charge in [-0.3, -0.25) is 0 Å². The molecule has 5 heteroatoms. The van der Waals surface area contributed by atoms with Gasteiger partial charge in [-0.1, -0.05) is 18.2 Å². The number of benzene rings is 1. The monoisotopic (exact) mass is 453 g/mol. The predicted octanol–water partition coefficient (Wildman–Crippen LogP) is 6.79. The molecule has 4 aromatic rings. The fourth-order valence-corrected chi connectivity index (χ4v) is 4.90. The first-order valence-corrected chi connectivity index (χ1v) is 11.8. The van der Waals surface area contributed by atoms with Gasteiger partial charge in [-0.2, -0.15) is 0 Å². The van der Waals surface area contributed by atoms with Crippen molar-refractivity contribution >= 4 is 58.1 Å². The number of hydrogen-bond donors (Lipinski definition) is 2. The number of rotatable bonds is 1. The number of nitrogens with one attached hydrogen (secondary N) is 2. The van der Waals surface area contributed by atoms with Crippen LogP contribution in [0.3, 0.4) is 0 Å². The van der Waals surface area contributed by atoms with Crippen molar-refractivity contribution in [1.29, 1.82) is 0 Å². The fraction of sp³-hybridized carbons (Fsp3) is 0.0667. The van der Waals surface area contributed by atoms with Crippen molar-refractivity contribution in [3.05, 3.63) is 95.1 Å². The van der Waals surface area contributed by atoms with Gasteiger partial charge in [0.05, 0.1) is 22.8 Å². The number of aromatic nitrogens is 4. The average Bonchev–Trinajstić information content (AvgIpc) is 3.64. The van der Waals surface area contributed by atoms with E-state index < -0.39 is 0 Å². The van der Waals surface area contributed by atoms with Crippen LogP contribution in [0.15, 0.2) is 66.7 Å². The Hall–Kier alpha value is -4.64. The number of likely N-dealkylation sites (N-methyl/N-ethyl adjacent to an activating group) is 1. The van der Waals surface area contributed by atoms with E-state index in [0.29, 0.717) is 0 Å². The Labute approximate surface area is 202 Å². The van der Waals surface area contributed by atoms with E-state index in [1.807, 2.05) is 24.3 Å². The maximum absolute atomic E-state index is 4.82. The minimum Gasteiger partial charge on any atom is -0.370 e. The molecule has 0 unspecified atom stereocenters. The van der Waals surface area contributed by atoms with Crippen molar-refractivity contribution in [2.45, 2.75) is 0 Å². The van der Waals surface area contributed by atoms with E-state index in [1.54, 1.807) is 0 Å². The zero-order valence-electron chi connectivity index (χ0n) is 19.3. The molecule has 0 amide bonds. The number of fused-ring (bicyclic) bond motifs is 9. The second-order valence-electron chi connectivity index (χ2n) is 9.14. The van der Waals surface area contributed by atoms with Gasteiger partial charge < -0.3 is 14.9 Å². The zero-order chi connectivity index (χ0) is 23.4. The van der Waals surface area contributed by atoms with Crippen LogP contribution in [0.2, 0.25) is 0 Å². The topological polar surface area (TPSA) is 60.6 Å². The van der Waals surface area contributed by atoms with Crippen molar-refractivity contribution in [3.63, 3.8) is 0 Å². The molecule has 35 heavy (non-hydrogen) atoms. The quantitative estimate of drug-likeness (QED) is 0.288. The number of H-pyrrole nitrogens is 2. The number of hydrogen-bond acceptors (Lipinski definition) is 3. The minimum atomic E-state index is 0.900. The van der Waals surface area contributed by atoms with E-state index in [4.69, 9.17) is 9.97 Å². The summed E-state index contributed by atoms with van der Waals surface area (Å²) in [6, 6.07) is 21.4. The molecule has 168 valence electrons. The molecular formula is C30H23N5. The second kappa shape index (κ2) is 7.71. The van der Waals surface area contributed by atoms with E-state index in [9.17, 15) is 0 Å². The van der Waals surface area contributed by atoms with Crippen LogP contribution in [0.5, 0.6) is 0 Å². The molecule has 0 spiro atoms. The first kappa shape index (κ1) is 19.8. The van der Waals surface area contributed by atoms with Gasteiger partial charge in [0.15, 0.2) is 0 Å². The van der Waals surface area contributed by atoms with Gasteiger partial charge in [0.1, 0.15) is 0 Å². The van der Waals surface area contributed by atoms with Gasteiger partial charge in [0, 0.05) is 46.9 Å². The standard InChI is InChI=1S/C30H23N5/c1-35-12-2-3-20-13-19(4-11-30(20)35)28-17-27-16-25-8-7-23(32-25)14-21-5-6-22(31-21)15-24-9-10-26(33-24)18-29(28)34-27/h2-11,13-18,32,34H,12H2,1H3. The lowest BCUT2D eigenvalue weighted by Crippen LogP contribution is -2.20. The van der Waals surface area contributed by atoms with E-state index in [0.717, 1.165) is 57.0 Å². The third-order valence-electron chi connectivity index (χ3n) is 6.60. The Morgan fingerprint density at radius 2 is 1.37 bits per heavy atom. The molecule has 6 heterocycles. The van der Waals surface area contributed by atoms with Gasteiger partial charge >= 0.3 is 0 Å². The van der Waals surface area contributed by atoms with Crippen LogP contribution in [0, 0.1) is 0 Å². The molecule has 5 nitrogen and oxygen atoms in total. The molecule has 0 radical (unpaired) electrons. The van der Waals surface area contributed by atoms with Gasteiger partial charge in [0.2, 0.25) is 0 Å². The first-order chi connectivity index (χ1) is 17.2. The van der Waals surface area contributed by atoms with Crippen LogP contribution < -0.4 is 4.90 Å². The average molecular weight is 454 g/mol. The maximum Gasteiger partial charge on any atom is 0.0659 e. The van der Waals surface area contributed by atoms with Gasteiger partial charge in [0.25, 0.3) is 0 Å². The van der Waals surface area contributed by atoms with Gasteiger partial charge in [-0.05, 0) is 90.0 Å². The third kappa shape index (κ3) is 3.67. The van der Waals surface area contributed by atoms with Crippen molar-refractivity contribution in [2.24, 2.45) is 0 Å². The summed E-state index contributed by atoms with van der Waals surface area (Å²) in [6.07, 6.45) is 12.6. The molecule has 1 aromatic carbocycles.